The molecule has 17 heavy (non-hydrogen) atoms. The molecule has 1 heterocycles. The Bertz CT molecular complexity index is 462. The lowest BCUT2D eigenvalue weighted by atomic mass is 10.2. The minimum absolute atomic E-state index is 0.0557. The van der Waals surface area contributed by atoms with Crippen molar-refractivity contribution in [3.63, 3.8) is 0 Å². The summed E-state index contributed by atoms with van der Waals surface area (Å²) in [6.07, 6.45) is 0. The predicted molar refractivity (Wildman–Crippen MR) is 65.5 cm³/mol. The van der Waals surface area contributed by atoms with Gasteiger partial charge in [0.05, 0.1) is 6.54 Å². The first-order valence-corrected chi connectivity index (χ1v) is 6.10. The number of carbonyl (C=O) groups excluding carboxylic acids is 2. The Morgan fingerprint density at radius 2 is 1.94 bits per heavy atom. The normalized spacial score (nSPS) is 16.5. The quantitative estimate of drug-likeness (QED) is 0.784. The molecule has 1 aromatic rings. The lowest BCUT2D eigenvalue weighted by Gasteiger charge is -2.25. The van der Waals surface area contributed by atoms with Crippen molar-refractivity contribution in [1.29, 1.82) is 0 Å². The number of imide groups is 1. The number of halogens is 2. The number of hydrogen-bond donors (Lipinski definition) is 0. The van der Waals surface area contributed by atoms with Gasteiger partial charge >= 0.3 is 0 Å². The molecular formula is C11H9BrClNO3. The van der Waals surface area contributed by atoms with Crippen LogP contribution < -0.4 is 0 Å². The summed E-state index contributed by atoms with van der Waals surface area (Å²) in [6.45, 7) is 0.0763. The summed E-state index contributed by atoms with van der Waals surface area (Å²) >= 11 is 9.33. The van der Waals surface area contributed by atoms with Crippen LogP contribution in [0.2, 0.25) is 5.02 Å². The lowest BCUT2D eigenvalue weighted by Crippen LogP contribution is -2.45. The van der Waals surface area contributed by atoms with Gasteiger partial charge in [0.2, 0.25) is 0 Å². The summed E-state index contributed by atoms with van der Waals surface area (Å²) in [5.74, 6) is -0.666. The van der Waals surface area contributed by atoms with Gasteiger partial charge in [0, 0.05) is 9.50 Å². The van der Waals surface area contributed by atoms with Crippen molar-refractivity contribution in [3.8, 4) is 0 Å². The van der Waals surface area contributed by atoms with Gasteiger partial charge in [-0.25, -0.2) is 0 Å². The topological polar surface area (TPSA) is 46.6 Å². The lowest BCUT2D eigenvalue weighted by molar-refractivity contribution is -0.159. The molecule has 1 saturated heterocycles. The number of benzene rings is 1. The van der Waals surface area contributed by atoms with E-state index in [4.69, 9.17) is 16.3 Å². The molecule has 0 saturated carbocycles. The van der Waals surface area contributed by atoms with E-state index in [2.05, 4.69) is 15.9 Å². The molecule has 0 N–H and O–H groups in total. The van der Waals surface area contributed by atoms with Gasteiger partial charge in [-0.15, -0.1) is 0 Å². The minimum Gasteiger partial charge on any atom is -0.362 e. The van der Waals surface area contributed by atoms with Gasteiger partial charge in [-0.05, 0) is 17.7 Å². The Balaban J connectivity index is 2.19. The average molecular weight is 319 g/mol. The zero-order valence-corrected chi connectivity index (χ0v) is 11.1. The van der Waals surface area contributed by atoms with Crippen molar-refractivity contribution in [3.05, 3.63) is 33.3 Å². The molecule has 2 rings (SSSR count). The molecule has 0 bridgehead atoms. The molecule has 0 atom stereocenters. The predicted octanol–water partition coefficient (Wildman–Crippen LogP) is 1.99. The first-order valence-electron chi connectivity index (χ1n) is 4.93. The molecule has 1 aliphatic heterocycles. The molecule has 0 radical (unpaired) electrons. The first kappa shape index (κ1) is 12.5. The van der Waals surface area contributed by atoms with Crippen LogP contribution in [0.15, 0.2) is 22.7 Å². The summed E-state index contributed by atoms with van der Waals surface area (Å²) in [6, 6.07) is 5.32. The van der Waals surface area contributed by atoms with Crippen LogP contribution in [0, 0.1) is 0 Å². The molecular weight excluding hydrogens is 309 g/mol. The summed E-state index contributed by atoms with van der Waals surface area (Å²) in [5, 5.41) is 0.520. The van der Waals surface area contributed by atoms with E-state index >= 15 is 0 Å². The standard InChI is InChI=1S/C11H9BrClNO3/c12-8-2-1-7(9(13)3-8)4-14-10(15)5-17-6-11(14)16/h1-3H,4-6H2. The fraction of sp³-hybridized carbons (Fsp3) is 0.273. The number of carbonyl (C=O) groups is 2. The van der Waals surface area contributed by atoms with Crippen LogP contribution in [0.1, 0.15) is 5.56 Å². The van der Waals surface area contributed by atoms with Crippen molar-refractivity contribution in [2.45, 2.75) is 6.54 Å². The summed E-state index contributed by atoms with van der Waals surface area (Å²) < 4.78 is 5.68. The second kappa shape index (κ2) is 5.16. The first-order chi connectivity index (χ1) is 8.08. The highest BCUT2D eigenvalue weighted by Gasteiger charge is 2.27. The fourth-order valence-electron chi connectivity index (χ4n) is 1.52. The molecule has 0 spiro atoms. The van der Waals surface area contributed by atoms with Crippen molar-refractivity contribution in [2.24, 2.45) is 0 Å². The number of morpholine rings is 1. The van der Waals surface area contributed by atoms with E-state index in [1.807, 2.05) is 6.07 Å². The highest BCUT2D eigenvalue weighted by atomic mass is 79.9. The second-order valence-electron chi connectivity index (χ2n) is 3.60. The van der Waals surface area contributed by atoms with Crippen molar-refractivity contribution in [1.82, 2.24) is 4.90 Å². The zero-order chi connectivity index (χ0) is 12.4. The fourth-order valence-corrected chi connectivity index (χ4v) is 2.25. The van der Waals surface area contributed by atoms with Gasteiger partial charge in [0.15, 0.2) is 0 Å². The van der Waals surface area contributed by atoms with Gasteiger partial charge in [0.1, 0.15) is 13.2 Å². The number of hydrogen-bond acceptors (Lipinski definition) is 3. The van der Waals surface area contributed by atoms with Crippen LogP contribution >= 0.6 is 27.5 Å². The van der Waals surface area contributed by atoms with E-state index in [0.29, 0.717) is 5.02 Å². The average Bonchev–Trinajstić information content (AvgIpc) is 2.26. The molecule has 0 aliphatic carbocycles. The summed E-state index contributed by atoms with van der Waals surface area (Å²) in [5.41, 5.74) is 0.735. The Hall–Kier alpha value is -0.910. The minimum atomic E-state index is -0.333. The Labute approximate surface area is 112 Å². The van der Waals surface area contributed by atoms with E-state index in [9.17, 15) is 9.59 Å². The molecule has 0 aromatic heterocycles. The van der Waals surface area contributed by atoms with Crippen LogP contribution in [0.25, 0.3) is 0 Å². The van der Waals surface area contributed by atoms with Gasteiger partial charge in [-0.2, -0.15) is 0 Å². The van der Waals surface area contributed by atoms with Crippen LogP contribution in [0.4, 0.5) is 0 Å². The maximum atomic E-state index is 11.5. The Morgan fingerprint density at radius 3 is 2.53 bits per heavy atom. The Kier molecular flexibility index (Phi) is 3.81. The maximum Gasteiger partial charge on any atom is 0.255 e. The molecule has 1 aliphatic rings. The molecule has 4 nitrogen and oxygen atoms in total. The third-order valence-corrected chi connectivity index (χ3v) is 3.24. The van der Waals surface area contributed by atoms with Gasteiger partial charge < -0.3 is 4.74 Å². The molecule has 0 unspecified atom stereocenters. The maximum absolute atomic E-state index is 11.5. The second-order valence-corrected chi connectivity index (χ2v) is 4.93. The summed E-state index contributed by atoms with van der Waals surface area (Å²) in [7, 11) is 0. The number of rotatable bonds is 2. The SMILES string of the molecule is O=C1COCC(=O)N1Cc1ccc(Br)cc1Cl. The number of nitrogens with zero attached hydrogens (tertiary/aromatic N) is 1. The molecule has 1 aromatic carbocycles. The zero-order valence-electron chi connectivity index (χ0n) is 8.78. The van der Waals surface area contributed by atoms with Gasteiger partial charge in [0.25, 0.3) is 11.8 Å². The molecule has 1 fully saturated rings. The van der Waals surface area contributed by atoms with E-state index < -0.39 is 0 Å². The van der Waals surface area contributed by atoms with Crippen molar-refractivity contribution in [2.75, 3.05) is 13.2 Å². The third-order valence-electron chi connectivity index (χ3n) is 2.40. The van der Waals surface area contributed by atoms with E-state index in [1.54, 1.807) is 12.1 Å². The van der Waals surface area contributed by atoms with Gasteiger partial charge in [-0.3, -0.25) is 14.5 Å². The molecule has 6 heteroatoms. The van der Waals surface area contributed by atoms with Crippen molar-refractivity contribution < 1.29 is 14.3 Å². The van der Waals surface area contributed by atoms with Gasteiger partial charge in [-0.1, -0.05) is 33.6 Å². The summed E-state index contributed by atoms with van der Waals surface area (Å²) in [4.78, 5) is 24.2. The van der Waals surface area contributed by atoms with E-state index in [1.165, 1.54) is 4.90 Å². The van der Waals surface area contributed by atoms with E-state index in [-0.39, 0.29) is 31.6 Å². The highest BCUT2D eigenvalue weighted by molar-refractivity contribution is 9.10. The highest BCUT2D eigenvalue weighted by Crippen LogP contribution is 2.23. The Morgan fingerprint density at radius 1 is 1.29 bits per heavy atom. The van der Waals surface area contributed by atoms with Crippen molar-refractivity contribution >= 4 is 39.3 Å². The van der Waals surface area contributed by atoms with E-state index in [0.717, 1.165) is 10.0 Å². The van der Waals surface area contributed by atoms with Crippen LogP contribution in [0.5, 0.6) is 0 Å². The number of amides is 2. The largest absolute Gasteiger partial charge is 0.362 e. The number of ether oxygens (including phenoxy) is 1. The smallest absolute Gasteiger partial charge is 0.255 e. The van der Waals surface area contributed by atoms with Crippen LogP contribution in [-0.2, 0) is 20.9 Å². The van der Waals surface area contributed by atoms with Crippen LogP contribution in [-0.4, -0.2) is 29.9 Å². The van der Waals surface area contributed by atoms with Crippen LogP contribution in [0.3, 0.4) is 0 Å². The molecule has 90 valence electrons. The molecule has 2 amide bonds. The monoisotopic (exact) mass is 317 g/mol. The third kappa shape index (κ3) is 2.86.